The summed E-state index contributed by atoms with van der Waals surface area (Å²) in [6.07, 6.45) is 0. The van der Waals surface area contributed by atoms with Crippen LogP contribution in [0.3, 0.4) is 0 Å². The van der Waals surface area contributed by atoms with Crippen molar-refractivity contribution in [3.8, 4) is 17.2 Å². The molecule has 0 atom stereocenters. The fourth-order valence-corrected chi connectivity index (χ4v) is 1.30. The monoisotopic (exact) mass is 282 g/mol. The molecular formula is C6H4Br2O3. The van der Waals surface area contributed by atoms with Gasteiger partial charge < -0.3 is 15.3 Å². The van der Waals surface area contributed by atoms with Crippen LogP contribution in [0, 0.1) is 0 Å². The summed E-state index contributed by atoms with van der Waals surface area (Å²) in [5, 5.41) is 27.0. The SMILES string of the molecule is Oc1cc(Br)c(Br)c(O)c1O. The molecular weight excluding hydrogens is 280 g/mol. The molecule has 3 N–H and O–H groups in total. The Hall–Kier alpha value is -0.420. The van der Waals surface area contributed by atoms with Crippen LogP contribution in [0.25, 0.3) is 0 Å². The molecule has 11 heavy (non-hydrogen) atoms. The molecule has 0 spiro atoms. The Balaban J connectivity index is 3.46. The van der Waals surface area contributed by atoms with E-state index >= 15 is 0 Å². The van der Waals surface area contributed by atoms with Gasteiger partial charge >= 0.3 is 0 Å². The fraction of sp³-hybridized carbons (Fsp3) is 0. The van der Waals surface area contributed by atoms with E-state index in [9.17, 15) is 0 Å². The Bertz CT molecular complexity index is 272. The summed E-state index contributed by atoms with van der Waals surface area (Å²) in [5.74, 6) is -1.27. The predicted molar refractivity (Wildman–Crippen MR) is 46.8 cm³/mol. The zero-order valence-corrected chi connectivity index (χ0v) is 8.35. The number of hydrogen-bond acceptors (Lipinski definition) is 3. The lowest BCUT2D eigenvalue weighted by atomic mass is 10.3. The highest BCUT2D eigenvalue weighted by Gasteiger charge is 2.12. The smallest absolute Gasteiger partial charge is 0.201 e. The molecule has 0 bridgehead atoms. The third-order valence-electron chi connectivity index (χ3n) is 1.15. The van der Waals surface area contributed by atoms with E-state index in [1.807, 2.05) is 0 Å². The van der Waals surface area contributed by atoms with Gasteiger partial charge in [-0.25, -0.2) is 0 Å². The van der Waals surface area contributed by atoms with Gasteiger partial charge in [-0.3, -0.25) is 0 Å². The molecule has 1 aromatic carbocycles. The van der Waals surface area contributed by atoms with Gasteiger partial charge in [0.1, 0.15) is 0 Å². The van der Waals surface area contributed by atoms with Crippen molar-refractivity contribution in [3.05, 3.63) is 15.0 Å². The first-order valence-corrected chi connectivity index (χ1v) is 4.21. The zero-order valence-electron chi connectivity index (χ0n) is 5.17. The molecule has 1 aromatic rings. The van der Waals surface area contributed by atoms with E-state index in [-0.39, 0.29) is 11.5 Å². The van der Waals surface area contributed by atoms with Gasteiger partial charge in [-0.15, -0.1) is 0 Å². The van der Waals surface area contributed by atoms with E-state index in [1.54, 1.807) is 0 Å². The highest BCUT2D eigenvalue weighted by molar-refractivity contribution is 9.13. The van der Waals surface area contributed by atoms with Crippen LogP contribution in [-0.4, -0.2) is 15.3 Å². The Morgan fingerprint density at radius 2 is 1.55 bits per heavy atom. The number of rotatable bonds is 0. The maximum atomic E-state index is 9.08. The molecule has 0 heterocycles. The van der Waals surface area contributed by atoms with Crippen LogP contribution in [0.4, 0.5) is 0 Å². The molecule has 0 aliphatic rings. The van der Waals surface area contributed by atoms with Crippen LogP contribution < -0.4 is 0 Å². The largest absolute Gasteiger partial charge is 0.504 e. The minimum absolute atomic E-state index is 0.313. The first-order chi connectivity index (χ1) is 5.04. The molecule has 3 nitrogen and oxygen atoms in total. The average Bonchev–Trinajstić information content (AvgIpc) is 1.97. The number of benzene rings is 1. The van der Waals surface area contributed by atoms with Crippen molar-refractivity contribution in [2.45, 2.75) is 0 Å². The molecule has 1 rings (SSSR count). The molecule has 5 heteroatoms. The van der Waals surface area contributed by atoms with Crippen molar-refractivity contribution in [1.29, 1.82) is 0 Å². The normalized spacial score (nSPS) is 10.0. The number of hydrogen-bond donors (Lipinski definition) is 3. The Labute approximate surface area is 79.5 Å². The fourth-order valence-electron chi connectivity index (χ4n) is 0.590. The van der Waals surface area contributed by atoms with Crippen molar-refractivity contribution >= 4 is 31.9 Å². The van der Waals surface area contributed by atoms with Crippen molar-refractivity contribution in [2.75, 3.05) is 0 Å². The zero-order chi connectivity index (χ0) is 8.59. The summed E-state index contributed by atoms with van der Waals surface area (Å²) in [5.41, 5.74) is 0. The van der Waals surface area contributed by atoms with Gasteiger partial charge in [0, 0.05) is 4.47 Å². The molecule has 0 aliphatic heterocycles. The van der Waals surface area contributed by atoms with Crippen molar-refractivity contribution in [2.24, 2.45) is 0 Å². The Kier molecular flexibility index (Phi) is 2.29. The van der Waals surface area contributed by atoms with Crippen LogP contribution in [0.2, 0.25) is 0 Å². The van der Waals surface area contributed by atoms with Gasteiger partial charge in [-0.1, -0.05) is 0 Å². The van der Waals surface area contributed by atoms with Crippen LogP contribution in [0.15, 0.2) is 15.0 Å². The van der Waals surface area contributed by atoms with Gasteiger partial charge in [0.05, 0.1) is 4.47 Å². The third-order valence-corrected chi connectivity index (χ3v) is 3.11. The molecule has 0 saturated carbocycles. The lowest BCUT2D eigenvalue weighted by Gasteiger charge is -2.03. The minimum Gasteiger partial charge on any atom is -0.504 e. The van der Waals surface area contributed by atoms with E-state index in [4.69, 9.17) is 15.3 Å². The van der Waals surface area contributed by atoms with Crippen LogP contribution in [0.1, 0.15) is 0 Å². The van der Waals surface area contributed by atoms with Gasteiger partial charge in [-0.2, -0.15) is 0 Å². The number of phenolic OH excluding ortho intramolecular Hbond substituents is 3. The quantitative estimate of drug-likeness (QED) is 0.641. The van der Waals surface area contributed by atoms with E-state index < -0.39 is 5.75 Å². The second-order valence-corrected chi connectivity index (χ2v) is 3.54. The molecule has 0 aliphatic carbocycles. The lowest BCUT2D eigenvalue weighted by Crippen LogP contribution is -1.75. The maximum absolute atomic E-state index is 9.08. The minimum atomic E-state index is -0.528. The average molecular weight is 284 g/mol. The molecule has 0 radical (unpaired) electrons. The van der Waals surface area contributed by atoms with Crippen molar-refractivity contribution < 1.29 is 15.3 Å². The first-order valence-electron chi connectivity index (χ1n) is 2.63. The highest BCUT2D eigenvalue weighted by Crippen LogP contribution is 2.44. The van der Waals surface area contributed by atoms with E-state index in [2.05, 4.69) is 31.9 Å². The maximum Gasteiger partial charge on any atom is 0.201 e. The summed E-state index contributed by atoms with van der Waals surface area (Å²) in [4.78, 5) is 0. The van der Waals surface area contributed by atoms with E-state index in [0.29, 0.717) is 8.95 Å². The standard InChI is InChI=1S/C6H4Br2O3/c7-2-1-3(9)5(10)6(11)4(2)8/h1,9-11H. The third kappa shape index (κ3) is 1.44. The summed E-state index contributed by atoms with van der Waals surface area (Å²) in [6.45, 7) is 0. The van der Waals surface area contributed by atoms with Gasteiger partial charge in [0.2, 0.25) is 5.75 Å². The summed E-state index contributed by atoms with van der Waals surface area (Å²) in [6, 6.07) is 1.28. The molecule has 0 aromatic heterocycles. The van der Waals surface area contributed by atoms with Crippen LogP contribution in [0.5, 0.6) is 17.2 Å². The second-order valence-electron chi connectivity index (χ2n) is 1.89. The molecule has 0 fully saturated rings. The lowest BCUT2D eigenvalue weighted by molar-refractivity contribution is 0.366. The van der Waals surface area contributed by atoms with E-state index in [0.717, 1.165) is 0 Å². The molecule has 60 valence electrons. The van der Waals surface area contributed by atoms with Crippen LogP contribution in [-0.2, 0) is 0 Å². The molecule has 0 amide bonds. The number of phenols is 3. The number of aromatic hydroxyl groups is 3. The Morgan fingerprint density at radius 3 is 2.09 bits per heavy atom. The number of halogens is 2. The molecule has 0 saturated heterocycles. The van der Waals surface area contributed by atoms with E-state index in [1.165, 1.54) is 6.07 Å². The predicted octanol–water partition coefficient (Wildman–Crippen LogP) is 2.33. The summed E-state index contributed by atoms with van der Waals surface area (Å²) in [7, 11) is 0. The van der Waals surface area contributed by atoms with Gasteiger partial charge in [0.15, 0.2) is 11.5 Å². The summed E-state index contributed by atoms with van der Waals surface area (Å²) < 4.78 is 0.790. The molecule has 0 unspecified atom stereocenters. The topological polar surface area (TPSA) is 60.7 Å². The summed E-state index contributed by atoms with van der Waals surface area (Å²) >= 11 is 6.05. The van der Waals surface area contributed by atoms with Gasteiger partial charge in [-0.05, 0) is 37.9 Å². The second kappa shape index (κ2) is 2.91. The first kappa shape index (κ1) is 8.67. The highest BCUT2D eigenvalue weighted by atomic mass is 79.9. The Morgan fingerprint density at radius 1 is 1.00 bits per heavy atom. The van der Waals surface area contributed by atoms with Gasteiger partial charge in [0.25, 0.3) is 0 Å². The van der Waals surface area contributed by atoms with Crippen molar-refractivity contribution in [3.63, 3.8) is 0 Å². The van der Waals surface area contributed by atoms with Crippen molar-refractivity contribution in [1.82, 2.24) is 0 Å². The van der Waals surface area contributed by atoms with Crippen LogP contribution >= 0.6 is 31.9 Å².